The number of carboxylic acids is 1. The van der Waals surface area contributed by atoms with Crippen LogP contribution in [0.2, 0.25) is 0 Å². The second-order valence-corrected chi connectivity index (χ2v) is 3.12. The maximum atomic E-state index is 10.5. The number of anilines is 1. The fraction of sp³-hybridized carbons (Fsp3) is 0.364. The first kappa shape index (κ1) is 11.2. The van der Waals surface area contributed by atoms with Gasteiger partial charge in [-0.25, -0.2) is 4.79 Å². The number of rotatable bonds is 5. The summed E-state index contributed by atoms with van der Waals surface area (Å²) in [4.78, 5) is 10.5. The molecule has 1 aromatic rings. The predicted molar refractivity (Wildman–Crippen MR) is 56.8 cm³/mol. The summed E-state index contributed by atoms with van der Waals surface area (Å²) in [5.41, 5.74) is 0. The van der Waals surface area contributed by atoms with E-state index < -0.39 is 5.97 Å². The number of carboxylic acid groups (broad SMARTS) is 1. The average Bonchev–Trinajstić information content (AvgIpc) is 2.65. The Labute approximate surface area is 88.3 Å². The zero-order valence-corrected chi connectivity index (χ0v) is 8.49. The molecule has 0 saturated carbocycles. The highest BCUT2D eigenvalue weighted by molar-refractivity contribution is 5.84. The molecule has 0 amide bonds. The molecule has 0 radical (unpaired) electrons. The molecule has 0 aliphatic heterocycles. The van der Waals surface area contributed by atoms with E-state index in [1.165, 1.54) is 6.07 Å². The van der Waals surface area contributed by atoms with Crippen LogP contribution in [-0.4, -0.2) is 17.1 Å². The number of hydrogen-bond donors (Lipinski definition) is 2. The van der Waals surface area contributed by atoms with E-state index in [1.54, 1.807) is 6.07 Å². The standard InChI is InChI=1S/C11H13NO3/c1-3-5-8(4-2)12-10-7-6-9(15-10)11(13)14/h2,6-8,12H,3,5H2,1H3,(H,13,14). The molecule has 1 aromatic heterocycles. The van der Waals surface area contributed by atoms with Gasteiger partial charge in [0.15, 0.2) is 5.88 Å². The van der Waals surface area contributed by atoms with Crippen LogP contribution in [0.4, 0.5) is 5.88 Å². The lowest BCUT2D eigenvalue weighted by atomic mass is 10.2. The van der Waals surface area contributed by atoms with Crippen molar-refractivity contribution in [2.45, 2.75) is 25.8 Å². The molecule has 0 spiro atoms. The third-order valence-corrected chi connectivity index (χ3v) is 1.91. The van der Waals surface area contributed by atoms with Gasteiger partial charge in [0.2, 0.25) is 5.76 Å². The molecule has 0 saturated heterocycles. The number of terminal acetylenes is 1. The highest BCUT2D eigenvalue weighted by atomic mass is 16.4. The summed E-state index contributed by atoms with van der Waals surface area (Å²) in [5.74, 6) is 1.78. The largest absolute Gasteiger partial charge is 0.475 e. The highest BCUT2D eigenvalue weighted by Gasteiger charge is 2.10. The molecule has 1 unspecified atom stereocenters. The predicted octanol–water partition coefficient (Wildman–Crippen LogP) is 2.19. The first-order valence-corrected chi connectivity index (χ1v) is 4.73. The van der Waals surface area contributed by atoms with Crippen molar-refractivity contribution in [3.05, 3.63) is 17.9 Å². The summed E-state index contributed by atoms with van der Waals surface area (Å²) in [6.45, 7) is 2.02. The molecule has 0 aliphatic rings. The third-order valence-electron chi connectivity index (χ3n) is 1.91. The number of furan rings is 1. The van der Waals surface area contributed by atoms with Crippen molar-refractivity contribution < 1.29 is 14.3 Å². The van der Waals surface area contributed by atoms with Crippen LogP contribution >= 0.6 is 0 Å². The summed E-state index contributed by atoms with van der Waals surface area (Å²) >= 11 is 0. The second-order valence-electron chi connectivity index (χ2n) is 3.12. The second kappa shape index (κ2) is 5.11. The van der Waals surface area contributed by atoms with Crippen LogP contribution in [0, 0.1) is 12.3 Å². The molecule has 15 heavy (non-hydrogen) atoms. The van der Waals surface area contributed by atoms with Crippen LogP contribution in [-0.2, 0) is 0 Å². The lowest BCUT2D eigenvalue weighted by molar-refractivity contribution is 0.0663. The number of aromatic carboxylic acids is 1. The quantitative estimate of drug-likeness (QED) is 0.726. The number of nitrogens with one attached hydrogen (secondary N) is 1. The first-order chi connectivity index (χ1) is 7.17. The van der Waals surface area contributed by atoms with Gasteiger partial charge in [0, 0.05) is 6.07 Å². The van der Waals surface area contributed by atoms with Crippen molar-refractivity contribution in [1.29, 1.82) is 0 Å². The summed E-state index contributed by atoms with van der Waals surface area (Å²) in [5, 5.41) is 11.6. The minimum atomic E-state index is -1.09. The van der Waals surface area contributed by atoms with Gasteiger partial charge in [-0.05, 0) is 12.5 Å². The normalized spacial score (nSPS) is 11.7. The minimum absolute atomic E-state index is 0.0928. The summed E-state index contributed by atoms with van der Waals surface area (Å²) < 4.78 is 5.02. The fourth-order valence-corrected chi connectivity index (χ4v) is 1.19. The van der Waals surface area contributed by atoms with Gasteiger partial charge in [-0.2, -0.15) is 0 Å². The van der Waals surface area contributed by atoms with Crippen LogP contribution in [0.15, 0.2) is 16.5 Å². The van der Waals surface area contributed by atoms with E-state index in [0.717, 1.165) is 12.8 Å². The maximum absolute atomic E-state index is 10.5. The molecule has 2 N–H and O–H groups in total. The molecule has 1 rings (SSSR count). The summed E-state index contributed by atoms with van der Waals surface area (Å²) in [6.07, 6.45) is 7.07. The molecule has 0 aliphatic carbocycles. The van der Waals surface area contributed by atoms with Gasteiger partial charge in [0.25, 0.3) is 0 Å². The van der Waals surface area contributed by atoms with Gasteiger partial charge in [-0.15, -0.1) is 6.42 Å². The van der Waals surface area contributed by atoms with Gasteiger partial charge in [-0.3, -0.25) is 0 Å². The van der Waals surface area contributed by atoms with E-state index in [4.69, 9.17) is 15.9 Å². The van der Waals surface area contributed by atoms with Crippen molar-refractivity contribution in [2.24, 2.45) is 0 Å². The van der Waals surface area contributed by atoms with Crippen molar-refractivity contribution in [3.63, 3.8) is 0 Å². The molecule has 4 nitrogen and oxygen atoms in total. The van der Waals surface area contributed by atoms with E-state index in [9.17, 15) is 4.79 Å². The molecular formula is C11H13NO3. The Balaban J connectivity index is 2.64. The van der Waals surface area contributed by atoms with Crippen LogP contribution < -0.4 is 5.32 Å². The smallest absolute Gasteiger partial charge is 0.371 e. The monoisotopic (exact) mass is 207 g/mol. The first-order valence-electron chi connectivity index (χ1n) is 4.73. The Bertz CT molecular complexity index is 375. The van der Waals surface area contributed by atoms with Crippen molar-refractivity contribution in [1.82, 2.24) is 0 Å². The van der Waals surface area contributed by atoms with Crippen LogP contribution in [0.25, 0.3) is 0 Å². The molecule has 1 heterocycles. The maximum Gasteiger partial charge on any atom is 0.371 e. The van der Waals surface area contributed by atoms with E-state index in [0.29, 0.717) is 5.88 Å². The zero-order chi connectivity index (χ0) is 11.3. The Morgan fingerprint density at radius 2 is 2.47 bits per heavy atom. The Kier molecular flexibility index (Phi) is 3.81. The van der Waals surface area contributed by atoms with E-state index in [-0.39, 0.29) is 11.8 Å². The van der Waals surface area contributed by atoms with Crippen LogP contribution in [0.1, 0.15) is 30.3 Å². The molecule has 0 aromatic carbocycles. The number of carbonyl (C=O) groups is 1. The van der Waals surface area contributed by atoms with Crippen molar-refractivity contribution in [2.75, 3.05) is 5.32 Å². The van der Waals surface area contributed by atoms with E-state index in [2.05, 4.69) is 11.2 Å². The van der Waals surface area contributed by atoms with Crippen molar-refractivity contribution >= 4 is 11.9 Å². The molecular weight excluding hydrogens is 194 g/mol. The topological polar surface area (TPSA) is 62.5 Å². The lowest BCUT2D eigenvalue weighted by Gasteiger charge is -2.09. The Hall–Kier alpha value is -1.89. The van der Waals surface area contributed by atoms with E-state index in [1.807, 2.05) is 6.92 Å². The van der Waals surface area contributed by atoms with E-state index >= 15 is 0 Å². The molecule has 1 atom stereocenters. The van der Waals surface area contributed by atoms with Gasteiger partial charge in [0.05, 0.1) is 6.04 Å². The number of hydrogen-bond acceptors (Lipinski definition) is 3. The van der Waals surface area contributed by atoms with Gasteiger partial charge in [0.1, 0.15) is 0 Å². The van der Waals surface area contributed by atoms with Crippen LogP contribution in [0.3, 0.4) is 0 Å². The zero-order valence-electron chi connectivity index (χ0n) is 8.49. The van der Waals surface area contributed by atoms with Gasteiger partial charge >= 0.3 is 5.97 Å². The Morgan fingerprint density at radius 3 is 2.93 bits per heavy atom. The SMILES string of the molecule is C#CC(CCC)Nc1ccc(C(=O)O)o1. The lowest BCUT2D eigenvalue weighted by Crippen LogP contribution is -2.16. The summed E-state index contributed by atoms with van der Waals surface area (Å²) in [6, 6.07) is 2.83. The third kappa shape index (κ3) is 3.06. The molecule has 4 heteroatoms. The fourth-order valence-electron chi connectivity index (χ4n) is 1.19. The highest BCUT2D eigenvalue weighted by Crippen LogP contribution is 2.15. The Morgan fingerprint density at radius 1 is 1.73 bits per heavy atom. The molecule has 0 bridgehead atoms. The summed E-state index contributed by atoms with van der Waals surface area (Å²) in [7, 11) is 0. The van der Waals surface area contributed by atoms with Crippen molar-refractivity contribution in [3.8, 4) is 12.3 Å². The average molecular weight is 207 g/mol. The molecule has 80 valence electrons. The van der Waals surface area contributed by atoms with Gasteiger partial charge in [-0.1, -0.05) is 19.3 Å². The van der Waals surface area contributed by atoms with Crippen LogP contribution in [0.5, 0.6) is 0 Å². The molecule has 0 fully saturated rings. The van der Waals surface area contributed by atoms with Gasteiger partial charge < -0.3 is 14.8 Å². The minimum Gasteiger partial charge on any atom is -0.475 e.